The molecule has 1 amide bonds. The van der Waals surface area contributed by atoms with Crippen LogP contribution in [-0.4, -0.2) is 46.3 Å². The zero-order valence-electron chi connectivity index (χ0n) is 15.0. The van der Waals surface area contributed by atoms with E-state index in [0.29, 0.717) is 16.3 Å². The molecule has 0 saturated carbocycles. The van der Waals surface area contributed by atoms with E-state index in [-0.39, 0.29) is 18.0 Å². The maximum Gasteiger partial charge on any atom is 0.337 e. The van der Waals surface area contributed by atoms with Crippen LogP contribution in [0.5, 0.6) is 5.75 Å². The SMILES string of the molecule is COC(=O)c1ccc(NC(=O)[C@@H]2CN(S(C)(=O)=O)c3cc(Cl)ccc3O2)cc1. The zero-order valence-corrected chi connectivity index (χ0v) is 16.6. The van der Waals surface area contributed by atoms with Crippen molar-refractivity contribution in [2.75, 3.05) is 29.5 Å². The molecule has 28 heavy (non-hydrogen) atoms. The highest BCUT2D eigenvalue weighted by Gasteiger charge is 2.35. The molecule has 1 N–H and O–H groups in total. The Bertz CT molecular complexity index is 1020. The zero-order chi connectivity index (χ0) is 20.5. The fraction of sp³-hybridized carbons (Fsp3) is 0.222. The summed E-state index contributed by atoms with van der Waals surface area (Å²) in [5.74, 6) is -0.783. The Balaban J connectivity index is 1.81. The molecule has 2 aromatic rings. The number of amides is 1. The minimum absolute atomic E-state index is 0.196. The number of hydrogen-bond donors (Lipinski definition) is 1. The van der Waals surface area contributed by atoms with Crippen molar-refractivity contribution in [3.8, 4) is 5.75 Å². The van der Waals surface area contributed by atoms with E-state index >= 15 is 0 Å². The lowest BCUT2D eigenvalue weighted by molar-refractivity contribution is -0.122. The fourth-order valence-corrected chi connectivity index (χ4v) is 3.78. The average molecular weight is 425 g/mol. The van der Waals surface area contributed by atoms with Gasteiger partial charge in [-0.1, -0.05) is 11.6 Å². The van der Waals surface area contributed by atoms with Gasteiger partial charge in [0, 0.05) is 10.7 Å². The lowest BCUT2D eigenvalue weighted by atomic mass is 10.2. The summed E-state index contributed by atoms with van der Waals surface area (Å²) in [6, 6.07) is 10.6. The minimum atomic E-state index is -3.65. The molecule has 1 aliphatic rings. The Kier molecular flexibility index (Phi) is 5.48. The number of halogens is 1. The van der Waals surface area contributed by atoms with Gasteiger partial charge < -0.3 is 14.8 Å². The van der Waals surface area contributed by atoms with Gasteiger partial charge in [0.05, 0.1) is 31.2 Å². The monoisotopic (exact) mass is 424 g/mol. The lowest BCUT2D eigenvalue weighted by Gasteiger charge is -2.34. The van der Waals surface area contributed by atoms with Gasteiger partial charge in [-0.2, -0.15) is 0 Å². The van der Waals surface area contributed by atoms with Gasteiger partial charge in [0.1, 0.15) is 5.75 Å². The molecule has 0 aromatic heterocycles. The van der Waals surface area contributed by atoms with Crippen LogP contribution in [0.2, 0.25) is 5.02 Å². The largest absolute Gasteiger partial charge is 0.476 e. The molecule has 0 unspecified atom stereocenters. The molecule has 10 heteroatoms. The number of carbonyl (C=O) groups excluding carboxylic acids is 2. The topological polar surface area (TPSA) is 102 Å². The van der Waals surface area contributed by atoms with Crippen molar-refractivity contribution >= 4 is 44.9 Å². The second kappa shape index (κ2) is 7.69. The molecule has 0 aliphatic carbocycles. The summed E-state index contributed by atoms with van der Waals surface area (Å²) >= 11 is 5.95. The number of hydrogen-bond acceptors (Lipinski definition) is 6. The number of esters is 1. The normalized spacial score (nSPS) is 16.0. The van der Waals surface area contributed by atoms with Crippen LogP contribution in [-0.2, 0) is 19.6 Å². The summed E-state index contributed by atoms with van der Waals surface area (Å²) in [7, 11) is -2.38. The molecule has 8 nitrogen and oxygen atoms in total. The summed E-state index contributed by atoms with van der Waals surface area (Å²) in [5, 5.41) is 3.00. The fourth-order valence-electron chi connectivity index (χ4n) is 2.71. The third-order valence-electron chi connectivity index (χ3n) is 4.06. The van der Waals surface area contributed by atoms with Crippen molar-refractivity contribution in [2.45, 2.75) is 6.10 Å². The van der Waals surface area contributed by atoms with Gasteiger partial charge in [-0.25, -0.2) is 13.2 Å². The van der Waals surface area contributed by atoms with Crippen LogP contribution in [0.1, 0.15) is 10.4 Å². The molecular formula is C18H17ClN2O6S. The number of carbonyl (C=O) groups is 2. The molecule has 1 aliphatic heterocycles. The van der Waals surface area contributed by atoms with E-state index in [1.165, 1.54) is 43.5 Å². The Morgan fingerprint density at radius 3 is 2.50 bits per heavy atom. The van der Waals surface area contributed by atoms with Crippen LogP contribution >= 0.6 is 11.6 Å². The highest BCUT2D eigenvalue weighted by Crippen LogP contribution is 2.37. The number of anilines is 2. The number of nitrogens with zero attached hydrogens (tertiary/aromatic N) is 1. The van der Waals surface area contributed by atoms with E-state index in [1.807, 2.05) is 0 Å². The van der Waals surface area contributed by atoms with Gasteiger partial charge in [-0.15, -0.1) is 0 Å². The number of benzene rings is 2. The number of nitrogens with one attached hydrogen (secondary N) is 1. The van der Waals surface area contributed by atoms with Gasteiger partial charge in [-0.05, 0) is 42.5 Å². The van der Waals surface area contributed by atoms with Crippen LogP contribution in [0.15, 0.2) is 42.5 Å². The molecule has 0 fully saturated rings. The summed E-state index contributed by atoms with van der Waals surface area (Å²) in [6.07, 6.45) is -0.0209. The van der Waals surface area contributed by atoms with E-state index in [9.17, 15) is 18.0 Å². The third-order valence-corrected chi connectivity index (χ3v) is 5.44. The van der Waals surface area contributed by atoms with Crippen LogP contribution < -0.4 is 14.4 Å². The van der Waals surface area contributed by atoms with Crippen molar-refractivity contribution in [1.29, 1.82) is 0 Å². The molecule has 2 aromatic carbocycles. The van der Waals surface area contributed by atoms with Gasteiger partial charge in [0.15, 0.2) is 6.10 Å². The molecule has 1 atom stereocenters. The Morgan fingerprint density at radius 2 is 1.89 bits per heavy atom. The second-order valence-electron chi connectivity index (χ2n) is 6.07. The summed E-state index contributed by atoms with van der Waals surface area (Å²) in [5.41, 5.74) is 1.04. The van der Waals surface area contributed by atoms with E-state index in [4.69, 9.17) is 16.3 Å². The number of sulfonamides is 1. The summed E-state index contributed by atoms with van der Waals surface area (Å²) < 4.78 is 35.7. The molecule has 0 spiro atoms. The molecule has 3 rings (SSSR count). The van der Waals surface area contributed by atoms with E-state index in [1.54, 1.807) is 6.07 Å². The minimum Gasteiger partial charge on any atom is -0.476 e. The summed E-state index contributed by atoms with van der Waals surface area (Å²) in [4.78, 5) is 24.1. The third kappa shape index (κ3) is 4.20. The Hall–Kier alpha value is -2.78. The second-order valence-corrected chi connectivity index (χ2v) is 8.41. The maximum atomic E-state index is 12.6. The van der Waals surface area contributed by atoms with Crippen molar-refractivity contribution in [2.24, 2.45) is 0 Å². The highest BCUT2D eigenvalue weighted by atomic mass is 35.5. The predicted molar refractivity (Wildman–Crippen MR) is 104 cm³/mol. The van der Waals surface area contributed by atoms with Gasteiger partial charge in [0.25, 0.3) is 5.91 Å². The van der Waals surface area contributed by atoms with Crippen molar-refractivity contribution in [3.05, 3.63) is 53.1 Å². The number of rotatable bonds is 4. The number of fused-ring (bicyclic) bond motifs is 1. The van der Waals surface area contributed by atoms with Crippen LogP contribution in [0, 0.1) is 0 Å². The maximum absolute atomic E-state index is 12.6. The quantitative estimate of drug-likeness (QED) is 0.755. The van der Waals surface area contributed by atoms with Crippen LogP contribution in [0.25, 0.3) is 0 Å². The molecule has 148 valence electrons. The van der Waals surface area contributed by atoms with Crippen molar-refractivity contribution in [3.63, 3.8) is 0 Å². The molecule has 1 heterocycles. The first-order chi connectivity index (χ1) is 13.2. The van der Waals surface area contributed by atoms with Gasteiger partial charge in [-0.3, -0.25) is 9.10 Å². The van der Waals surface area contributed by atoms with E-state index < -0.39 is 28.0 Å². The first kappa shape index (κ1) is 20.0. The van der Waals surface area contributed by atoms with Gasteiger partial charge in [0.2, 0.25) is 10.0 Å². The van der Waals surface area contributed by atoms with E-state index in [2.05, 4.69) is 10.1 Å². The predicted octanol–water partition coefficient (Wildman–Crippen LogP) is 2.29. The molecule has 0 saturated heterocycles. The summed E-state index contributed by atoms with van der Waals surface area (Å²) in [6.45, 7) is -0.196. The van der Waals surface area contributed by atoms with Crippen molar-refractivity contribution in [1.82, 2.24) is 0 Å². The lowest BCUT2D eigenvalue weighted by Crippen LogP contribution is -2.48. The van der Waals surface area contributed by atoms with Crippen LogP contribution in [0.3, 0.4) is 0 Å². The first-order valence-corrected chi connectivity index (χ1v) is 10.3. The van der Waals surface area contributed by atoms with Crippen molar-refractivity contribution < 1.29 is 27.5 Å². The molecular weight excluding hydrogens is 408 g/mol. The Labute approximate surface area is 167 Å². The first-order valence-electron chi connectivity index (χ1n) is 8.12. The average Bonchev–Trinajstić information content (AvgIpc) is 2.66. The van der Waals surface area contributed by atoms with Gasteiger partial charge >= 0.3 is 5.97 Å². The Morgan fingerprint density at radius 1 is 1.21 bits per heavy atom. The number of ether oxygens (including phenoxy) is 2. The van der Waals surface area contributed by atoms with E-state index in [0.717, 1.165) is 10.6 Å². The standard InChI is InChI=1S/C18H17ClN2O6S/c1-26-18(23)11-3-6-13(7-4-11)20-17(22)16-10-21(28(2,24)25)14-9-12(19)5-8-15(14)27-16/h3-9,16H,10H2,1-2H3,(H,20,22)/t16-/m0/s1. The highest BCUT2D eigenvalue weighted by molar-refractivity contribution is 7.92. The van der Waals surface area contributed by atoms with Crippen LogP contribution in [0.4, 0.5) is 11.4 Å². The molecule has 0 bridgehead atoms. The number of methoxy groups -OCH3 is 1. The smallest absolute Gasteiger partial charge is 0.337 e. The molecule has 0 radical (unpaired) electrons.